The van der Waals surface area contributed by atoms with E-state index in [0.717, 1.165) is 37.6 Å². The van der Waals surface area contributed by atoms with Gasteiger partial charge in [-0.25, -0.2) is 4.79 Å². The summed E-state index contributed by atoms with van der Waals surface area (Å²) in [4.78, 5) is 30.1. The van der Waals surface area contributed by atoms with Gasteiger partial charge in [-0.3, -0.25) is 14.6 Å². The lowest BCUT2D eigenvalue weighted by molar-refractivity contribution is -0.130. The Kier molecular flexibility index (Phi) is 4.85. The summed E-state index contributed by atoms with van der Waals surface area (Å²) in [6.07, 6.45) is 0. The van der Waals surface area contributed by atoms with Crippen molar-refractivity contribution in [1.29, 1.82) is 0 Å². The number of urea groups is 1. The van der Waals surface area contributed by atoms with E-state index in [1.165, 1.54) is 4.90 Å². The molecule has 0 bridgehead atoms. The SMILES string of the molecule is COc1ccccc1N1CCN(CCN2C(=O)NC(C)(C)C2=O)CC1. The molecule has 0 atom stereocenters. The number of benzene rings is 1. The lowest BCUT2D eigenvalue weighted by Crippen LogP contribution is -2.49. The van der Waals surface area contributed by atoms with E-state index in [0.29, 0.717) is 13.1 Å². The highest BCUT2D eigenvalue weighted by atomic mass is 16.5. The fourth-order valence-electron chi connectivity index (χ4n) is 3.37. The van der Waals surface area contributed by atoms with Crippen molar-refractivity contribution in [2.24, 2.45) is 0 Å². The largest absolute Gasteiger partial charge is 0.495 e. The Bertz CT molecular complexity index is 653. The lowest BCUT2D eigenvalue weighted by Gasteiger charge is -2.37. The van der Waals surface area contributed by atoms with Crippen LogP contribution in [-0.2, 0) is 4.79 Å². The third-order valence-corrected chi connectivity index (χ3v) is 4.88. The van der Waals surface area contributed by atoms with Crippen molar-refractivity contribution >= 4 is 17.6 Å². The fraction of sp³-hybridized carbons (Fsp3) is 0.556. The van der Waals surface area contributed by atoms with Crippen molar-refractivity contribution in [3.05, 3.63) is 24.3 Å². The van der Waals surface area contributed by atoms with E-state index < -0.39 is 5.54 Å². The summed E-state index contributed by atoms with van der Waals surface area (Å²) in [5, 5.41) is 2.72. The number of para-hydroxylation sites is 2. The number of nitrogens with one attached hydrogen (secondary N) is 1. The highest BCUT2D eigenvalue weighted by Gasteiger charge is 2.44. The van der Waals surface area contributed by atoms with Crippen LogP contribution in [0.3, 0.4) is 0 Å². The number of carbonyl (C=O) groups excluding carboxylic acids is 2. The zero-order valence-corrected chi connectivity index (χ0v) is 15.1. The number of carbonyl (C=O) groups is 2. The topological polar surface area (TPSA) is 65.1 Å². The summed E-state index contributed by atoms with van der Waals surface area (Å²) in [5.41, 5.74) is 0.320. The Hall–Kier alpha value is -2.28. The summed E-state index contributed by atoms with van der Waals surface area (Å²) >= 11 is 0. The number of hydrogen-bond acceptors (Lipinski definition) is 5. The quantitative estimate of drug-likeness (QED) is 0.810. The van der Waals surface area contributed by atoms with Gasteiger partial charge in [-0.1, -0.05) is 12.1 Å². The van der Waals surface area contributed by atoms with Crippen LogP contribution in [0.4, 0.5) is 10.5 Å². The number of amides is 3. The summed E-state index contributed by atoms with van der Waals surface area (Å²) in [6.45, 7) is 8.18. The third kappa shape index (κ3) is 3.56. The van der Waals surface area contributed by atoms with Crippen LogP contribution < -0.4 is 15.0 Å². The summed E-state index contributed by atoms with van der Waals surface area (Å²) in [6, 6.07) is 7.75. The van der Waals surface area contributed by atoms with E-state index in [1.54, 1.807) is 21.0 Å². The number of rotatable bonds is 5. The molecule has 0 aromatic heterocycles. The Morgan fingerprint density at radius 2 is 1.76 bits per heavy atom. The molecule has 2 aliphatic heterocycles. The summed E-state index contributed by atoms with van der Waals surface area (Å²) in [7, 11) is 1.69. The molecule has 2 saturated heterocycles. The number of hydrogen-bond donors (Lipinski definition) is 1. The molecule has 136 valence electrons. The normalized spacial score (nSPS) is 20.8. The zero-order valence-electron chi connectivity index (χ0n) is 15.1. The minimum absolute atomic E-state index is 0.148. The van der Waals surface area contributed by atoms with Gasteiger partial charge in [0.2, 0.25) is 0 Å². The molecule has 0 unspecified atom stereocenters. The molecule has 7 heteroatoms. The smallest absolute Gasteiger partial charge is 0.325 e. The van der Waals surface area contributed by atoms with Crippen LogP contribution in [0.2, 0.25) is 0 Å². The first-order valence-corrected chi connectivity index (χ1v) is 8.67. The van der Waals surface area contributed by atoms with Crippen LogP contribution in [0.5, 0.6) is 5.75 Å². The Morgan fingerprint density at radius 1 is 1.08 bits per heavy atom. The van der Waals surface area contributed by atoms with Crippen LogP contribution in [0.1, 0.15) is 13.8 Å². The maximum absolute atomic E-state index is 12.2. The van der Waals surface area contributed by atoms with E-state index in [2.05, 4.69) is 21.2 Å². The van der Waals surface area contributed by atoms with E-state index in [1.807, 2.05) is 18.2 Å². The number of anilines is 1. The Morgan fingerprint density at radius 3 is 2.36 bits per heavy atom. The van der Waals surface area contributed by atoms with Gasteiger partial charge in [0.15, 0.2) is 0 Å². The van der Waals surface area contributed by atoms with Crippen molar-refractivity contribution in [2.75, 3.05) is 51.3 Å². The molecular formula is C18H26N4O3. The number of imide groups is 1. The first-order chi connectivity index (χ1) is 11.9. The maximum Gasteiger partial charge on any atom is 0.325 e. The zero-order chi connectivity index (χ0) is 18.0. The van der Waals surface area contributed by atoms with Crippen molar-refractivity contribution < 1.29 is 14.3 Å². The van der Waals surface area contributed by atoms with Crippen molar-refractivity contribution in [3.8, 4) is 5.75 Å². The molecule has 0 radical (unpaired) electrons. The van der Waals surface area contributed by atoms with Gasteiger partial charge in [-0.15, -0.1) is 0 Å². The Balaban J connectivity index is 1.52. The monoisotopic (exact) mass is 346 g/mol. The summed E-state index contributed by atoms with van der Waals surface area (Å²) < 4.78 is 5.44. The predicted molar refractivity (Wildman–Crippen MR) is 96.0 cm³/mol. The second-order valence-corrected chi connectivity index (χ2v) is 7.01. The molecule has 3 amide bonds. The molecule has 1 aromatic carbocycles. The fourth-order valence-corrected chi connectivity index (χ4v) is 3.37. The molecule has 1 N–H and O–H groups in total. The highest BCUT2D eigenvalue weighted by molar-refractivity contribution is 6.06. The van der Waals surface area contributed by atoms with Crippen molar-refractivity contribution in [2.45, 2.75) is 19.4 Å². The molecule has 2 heterocycles. The van der Waals surface area contributed by atoms with Gasteiger partial charge in [-0.2, -0.15) is 0 Å². The molecule has 0 saturated carbocycles. The van der Waals surface area contributed by atoms with Gasteiger partial charge in [0.05, 0.1) is 12.8 Å². The molecular weight excluding hydrogens is 320 g/mol. The van der Waals surface area contributed by atoms with Crippen LogP contribution in [0.15, 0.2) is 24.3 Å². The van der Waals surface area contributed by atoms with Gasteiger partial charge in [0, 0.05) is 39.3 Å². The molecule has 7 nitrogen and oxygen atoms in total. The van der Waals surface area contributed by atoms with E-state index in [4.69, 9.17) is 4.74 Å². The second-order valence-electron chi connectivity index (χ2n) is 7.01. The Labute approximate surface area is 148 Å². The first kappa shape index (κ1) is 17.5. The summed E-state index contributed by atoms with van der Waals surface area (Å²) in [5.74, 6) is 0.739. The molecule has 25 heavy (non-hydrogen) atoms. The highest BCUT2D eigenvalue weighted by Crippen LogP contribution is 2.28. The molecule has 1 aromatic rings. The van der Waals surface area contributed by atoms with Crippen LogP contribution in [0, 0.1) is 0 Å². The standard InChI is InChI=1S/C18H26N4O3/c1-18(2)16(23)22(17(24)19-18)13-10-20-8-11-21(12-9-20)14-6-4-5-7-15(14)25-3/h4-7H,8-13H2,1-3H3,(H,19,24). The third-order valence-electron chi connectivity index (χ3n) is 4.88. The van der Waals surface area contributed by atoms with Crippen LogP contribution in [0.25, 0.3) is 0 Å². The lowest BCUT2D eigenvalue weighted by atomic mass is 10.1. The molecule has 0 aliphatic carbocycles. The second kappa shape index (κ2) is 6.92. The molecule has 3 rings (SSSR count). The van der Waals surface area contributed by atoms with Gasteiger partial charge in [0.1, 0.15) is 11.3 Å². The molecule has 2 aliphatic rings. The van der Waals surface area contributed by atoms with Crippen molar-refractivity contribution in [3.63, 3.8) is 0 Å². The minimum Gasteiger partial charge on any atom is -0.495 e. The van der Waals surface area contributed by atoms with Gasteiger partial charge in [-0.05, 0) is 26.0 Å². The van der Waals surface area contributed by atoms with E-state index in [-0.39, 0.29) is 11.9 Å². The predicted octanol–water partition coefficient (Wildman–Crippen LogP) is 1.15. The number of piperazine rings is 1. The molecule has 0 spiro atoms. The molecule has 2 fully saturated rings. The van der Waals surface area contributed by atoms with Gasteiger partial charge < -0.3 is 15.0 Å². The van der Waals surface area contributed by atoms with Gasteiger partial charge in [0.25, 0.3) is 5.91 Å². The van der Waals surface area contributed by atoms with Crippen LogP contribution in [-0.4, -0.2) is 73.7 Å². The first-order valence-electron chi connectivity index (χ1n) is 8.67. The van der Waals surface area contributed by atoms with E-state index in [9.17, 15) is 9.59 Å². The van der Waals surface area contributed by atoms with Crippen LogP contribution >= 0.6 is 0 Å². The minimum atomic E-state index is -0.792. The average Bonchev–Trinajstić information content (AvgIpc) is 2.81. The number of nitrogens with zero attached hydrogens (tertiary/aromatic N) is 3. The maximum atomic E-state index is 12.2. The van der Waals surface area contributed by atoms with Gasteiger partial charge >= 0.3 is 6.03 Å². The van der Waals surface area contributed by atoms with Crippen molar-refractivity contribution in [1.82, 2.24) is 15.1 Å². The van der Waals surface area contributed by atoms with E-state index >= 15 is 0 Å². The number of methoxy groups -OCH3 is 1. The average molecular weight is 346 g/mol. The number of ether oxygens (including phenoxy) is 1.